The van der Waals surface area contributed by atoms with Gasteiger partial charge in [0.05, 0.1) is 0 Å². The van der Waals surface area contributed by atoms with Gasteiger partial charge in [-0.1, -0.05) is 13.8 Å². The van der Waals surface area contributed by atoms with Gasteiger partial charge in [0.25, 0.3) is 0 Å². The number of hydrogen-bond acceptors (Lipinski definition) is 3. The highest BCUT2D eigenvalue weighted by Crippen LogP contribution is 2.47. The smallest absolute Gasteiger partial charge is 0.230 e. The average molecular weight is 290 g/mol. The lowest BCUT2D eigenvalue weighted by Crippen LogP contribution is -2.29. The summed E-state index contributed by atoms with van der Waals surface area (Å²) in [7, 11) is 0. The molecule has 2 aliphatic rings. The summed E-state index contributed by atoms with van der Waals surface area (Å²) in [5.41, 5.74) is 0. The molecule has 0 bridgehead atoms. The van der Waals surface area contributed by atoms with Crippen molar-refractivity contribution >= 4 is 11.9 Å². The van der Waals surface area contributed by atoms with Gasteiger partial charge in [0.15, 0.2) is 0 Å². The molecule has 0 radical (unpaired) electrons. The number of carbonyl (C=O) groups excluding carboxylic acids is 1. The lowest BCUT2D eigenvalue weighted by molar-refractivity contribution is -0.117. The van der Waals surface area contributed by atoms with Crippen molar-refractivity contribution in [1.29, 1.82) is 0 Å². The summed E-state index contributed by atoms with van der Waals surface area (Å²) in [5, 5.41) is 6.41. The lowest BCUT2D eigenvalue weighted by atomic mass is 9.92. The van der Waals surface area contributed by atoms with Crippen LogP contribution in [0.2, 0.25) is 0 Å². The number of hydrogen-bond donors (Lipinski definition) is 2. The second-order valence-corrected chi connectivity index (χ2v) is 6.88. The molecular weight excluding hydrogens is 264 g/mol. The first-order chi connectivity index (χ1) is 10.1. The summed E-state index contributed by atoms with van der Waals surface area (Å²) < 4.78 is 2.03. The number of rotatable bonds is 5. The van der Waals surface area contributed by atoms with E-state index in [-0.39, 0.29) is 11.8 Å². The van der Waals surface area contributed by atoms with Crippen molar-refractivity contribution in [3.63, 3.8) is 0 Å². The molecule has 1 aliphatic heterocycles. The second-order valence-electron chi connectivity index (χ2n) is 6.88. The molecule has 1 aliphatic carbocycles. The van der Waals surface area contributed by atoms with Crippen LogP contribution in [0, 0.1) is 23.7 Å². The summed E-state index contributed by atoms with van der Waals surface area (Å²) in [5.74, 6) is 2.94. The minimum atomic E-state index is 0.162. The number of nitrogens with zero attached hydrogens (tertiary/aromatic N) is 2. The quantitative estimate of drug-likeness (QED) is 0.873. The van der Waals surface area contributed by atoms with Crippen LogP contribution in [0.1, 0.15) is 33.1 Å². The SMILES string of the molecule is CC(C)Cn1ccnc1NC(=O)[C@@H]1C[C@H]1C1CCNCC1. The standard InChI is InChI=1S/C16H26N4O/c1-11(2)10-20-8-7-18-16(20)19-15(21)14-9-13(14)12-3-5-17-6-4-12/h7-8,11-14,17H,3-6,9-10H2,1-2H3,(H,18,19,21)/t13-,14+/m0/s1. The maximum atomic E-state index is 12.4. The molecule has 1 amide bonds. The zero-order valence-corrected chi connectivity index (χ0v) is 13.0. The maximum Gasteiger partial charge on any atom is 0.230 e. The van der Waals surface area contributed by atoms with E-state index in [9.17, 15) is 4.79 Å². The molecule has 1 aromatic rings. The number of imidazole rings is 1. The van der Waals surface area contributed by atoms with Gasteiger partial charge in [-0.05, 0) is 50.1 Å². The first-order valence-corrected chi connectivity index (χ1v) is 8.18. The van der Waals surface area contributed by atoms with E-state index in [1.165, 1.54) is 12.8 Å². The van der Waals surface area contributed by atoms with Crippen molar-refractivity contribution in [3.8, 4) is 0 Å². The first kappa shape index (κ1) is 14.6. The van der Waals surface area contributed by atoms with Gasteiger partial charge in [-0.2, -0.15) is 0 Å². The minimum absolute atomic E-state index is 0.162. The second kappa shape index (κ2) is 6.18. The Kier molecular flexibility index (Phi) is 4.29. The van der Waals surface area contributed by atoms with Crippen LogP contribution in [0.3, 0.4) is 0 Å². The fraction of sp³-hybridized carbons (Fsp3) is 0.750. The summed E-state index contributed by atoms with van der Waals surface area (Å²) >= 11 is 0. The molecule has 1 aromatic heterocycles. The average Bonchev–Trinajstić information content (AvgIpc) is 3.17. The van der Waals surface area contributed by atoms with Crippen LogP contribution in [0.4, 0.5) is 5.95 Å². The van der Waals surface area contributed by atoms with Gasteiger partial charge < -0.3 is 9.88 Å². The van der Waals surface area contributed by atoms with Gasteiger partial charge in [0, 0.05) is 24.9 Å². The highest BCUT2D eigenvalue weighted by atomic mass is 16.2. The zero-order valence-electron chi connectivity index (χ0n) is 13.0. The molecule has 5 nitrogen and oxygen atoms in total. The van der Waals surface area contributed by atoms with Gasteiger partial charge in [-0.15, -0.1) is 0 Å². The number of piperidine rings is 1. The van der Waals surface area contributed by atoms with Gasteiger partial charge >= 0.3 is 0 Å². The largest absolute Gasteiger partial charge is 0.317 e. The van der Waals surface area contributed by atoms with Crippen LogP contribution in [-0.4, -0.2) is 28.5 Å². The number of anilines is 1. The van der Waals surface area contributed by atoms with E-state index in [2.05, 4.69) is 29.5 Å². The topological polar surface area (TPSA) is 59.0 Å². The number of amides is 1. The van der Waals surface area contributed by atoms with E-state index in [1.54, 1.807) is 6.20 Å². The van der Waals surface area contributed by atoms with Crippen LogP contribution < -0.4 is 10.6 Å². The summed E-state index contributed by atoms with van der Waals surface area (Å²) in [4.78, 5) is 16.7. The molecular formula is C16H26N4O. The monoisotopic (exact) mass is 290 g/mol. The van der Waals surface area contributed by atoms with Crippen LogP contribution in [0.15, 0.2) is 12.4 Å². The number of aromatic nitrogens is 2. The van der Waals surface area contributed by atoms with E-state index in [1.807, 2.05) is 10.8 Å². The molecule has 2 heterocycles. The van der Waals surface area contributed by atoms with Crippen molar-refractivity contribution in [1.82, 2.24) is 14.9 Å². The summed E-state index contributed by atoms with van der Waals surface area (Å²) in [6.07, 6.45) is 7.19. The summed E-state index contributed by atoms with van der Waals surface area (Å²) in [6.45, 7) is 7.43. The normalized spacial score (nSPS) is 26.0. The Morgan fingerprint density at radius 2 is 2.24 bits per heavy atom. The molecule has 3 rings (SSSR count). The van der Waals surface area contributed by atoms with E-state index in [0.29, 0.717) is 17.8 Å². The fourth-order valence-corrected chi connectivity index (χ4v) is 3.49. The van der Waals surface area contributed by atoms with Crippen LogP contribution in [0.25, 0.3) is 0 Å². The Balaban J connectivity index is 1.54. The Morgan fingerprint density at radius 1 is 1.48 bits per heavy atom. The van der Waals surface area contributed by atoms with E-state index >= 15 is 0 Å². The van der Waals surface area contributed by atoms with E-state index in [0.717, 1.165) is 32.0 Å². The molecule has 0 unspecified atom stereocenters. The van der Waals surface area contributed by atoms with Gasteiger partial charge in [-0.25, -0.2) is 4.98 Å². The predicted octanol–water partition coefficient (Wildman–Crippen LogP) is 2.11. The Morgan fingerprint density at radius 3 is 2.95 bits per heavy atom. The lowest BCUT2D eigenvalue weighted by Gasteiger charge is -2.22. The van der Waals surface area contributed by atoms with Crippen molar-refractivity contribution < 1.29 is 4.79 Å². The van der Waals surface area contributed by atoms with Gasteiger partial charge in [-0.3, -0.25) is 10.1 Å². The van der Waals surface area contributed by atoms with Gasteiger partial charge in [0.2, 0.25) is 11.9 Å². The third-order valence-electron chi connectivity index (χ3n) is 4.68. The molecule has 1 saturated carbocycles. The molecule has 2 N–H and O–H groups in total. The minimum Gasteiger partial charge on any atom is -0.317 e. The van der Waals surface area contributed by atoms with Crippen LogP contribution >= 0.6 is 0 Å². The predicted molar refractivity (Wildman–Crippen MR) is 82.9 cm³/mol. The Bertz CT molecular complexity index is 490. The number of nitrogens with one attached hydrogen (secondary N) is 2. The molecule has 2 fully saturated rings. The Labute approximate surface area is 126 Å². The van der Waals surface area contributed by atoms with Crippen LogP contribution in [-0.2, 0) is 11.3 Å². The van der Waals surface area contributed by atoms with E-state index in [4.69, 9.17) is 0 Å². The molecule has 21 heavy (non-hydrogen) atoms. The third kappa shape index (κ3) is 3.46. The number of carbonyl (C=O) groups is 1. The molecule has 2 atom stereocenters. The maximum absolute atomic E-state index is 12.4. The molecule has 116 valence electrons. The first-order valence-electron chi connectivity index (χ1n) is 8.18. The third-order valence-corrected chi connectivity index (χ3v) is 4.68. The highest BCUT2D eigenvalue weighted by Gasteiger charge is 2.47. The molecule has 5 heteroatoms. The van der Waals surface area contributed by atoms with Gasteiger partial charge in [0.1, 0.15) is 0 Å². The molecule has 0 spiro atoms. The van der Waals surface area contributed by atoms with Crippen molar-refractivity contribution in [2.45, 2.75) is 39.7 Å². The molecule has 1 saturated heterocycles. The van der Waals surface area contributed by atoms with Crippen LogP contribution in [0.5, 0.6) is 0 Å². The zero-order chi connectivity index (χ0) is 14.8. The van der Waals surface area contributed by atoms with Crippen molar-refractivity contribution in [2.24, 2.45) is 23.7 Å². The van der Waals surface area contributed by atoms with Crippen molar-refractivity contribution in [2.75, 3.05) is 18.4 Å². The summed E-state index contributed by atoms with van der Waals surface area (Å²) in [6, 6.07) is 0. The van der Waals surface area contributed by atoms with Crippen molar-refractivity contribution in [3.05, 3.63) is 12.4 Å². The molecule has 0 aromatic carbocycles. The van der Waals surface area contributed by atoms with E-state index < -0.39 is 0 Å². The highest BCUT2D eigenvalue weighted by molar-refractivity contribution is 5.93. The fourth-order valence-electron chi connectivity index (χ4n) is 3.49. The Hall–Kier alpha value is -1.36.